The predicted octanol–water partition coefficient (Wildman–Crippen LogP) is -1.46. The first-order chi connectivity index (χ1) is 10.3. The minimum absolute atomic E-state index is 0. The molecule has 0 saturated heterocycles. The molecule has 0 aliphatic carbocycles. The molecule has 0 atom stereocenters. The summed E-state index contributed by atoms with van der Waals surface area (Å²) in [6, 6.07) is 15.3. The Morgan fingerprint density at radius 2 is 1.91 bits per heavy atom. The topological polar surface area (TPSA) is 67.4 Å². The van der Waals surface area contributed by atoms with Crippen molar-refractivity contribution >= 4 is 28.0 Å². The second kappa shape index (κ2) is 5.84. The van der Waals surface area contributed by atoms with Gasteiger partial charge in [0.15, 0.2) is 17.6 Å². The number of halogens is 1. The Balaban J connectivity index is 0.00000144. The molecule has 0 spiro atoms. The molecule has 0 aliphatic rings. The lowest BCUT2D eigenvalue weighted by molar-refractivity contribution is -0.657. The van der Waals surface area contributed by atoms with E-state index in [1.165, 1.54) is 4.68 Å². The molecule has 2 aromatic heterocycles. The van der Waals surface area contributed by atoms with Gasteiger partial charge in [0.05, 0.1) is 5.52 Å². The Labute approximate surface area is 142 Å². The van der Waals surface area contributed by atoms with Crippen LogP contribution in [0.3, 0.4) is 0 Å². The highest BCUT2D eigenvalue weighted by atomic mass is 127. The molecule has 2 heterocycles. The van der Waals surface area contributed by atoms with Crippen molar-refractivity contribution in [1.29, 1.82) is 0 Å². The van der Waals surface area contributed by atoms with Crippen LogP contribution in [0.4, 0.5) is 0 Å². The summed E-state index contributed by atoms with van der Waals surface area (Å²) in [7, 11) is 0. The van der Waals surface area contributed by atoms with Gasteiger partial charge in [-0.1, -0.05) is 29.5 Å². The van der Waals surface area contributed by atoms with Crippen LogP contribution in [-0.2, 0) is 6.54 Å². The number of para-hydroxylation sites is 3. The van der Waals surface area contributed by atoms with Gasteiger partial charge < -0.3 is 24.0 Å². The van der Waals surface area contributed by atoms with E-state index in [1.807, 2.05) is 53.1 Å². The lowest BCUT2D eigenvalue weighted by atomic mass is 10.3. The van der Waals surface area contributed by atoms with Crippen molar-refractivity contribution in [2.24, 2.45) is 0 Å². The zero-order valence-electron chi connectivity index (χ0n) is 11.5. The van der Waals surface area contributed by atoms with E-state index in [4.69, 9.17) is 0 Å². The molecule has 0 fully saturated rings. The Morgan fingerprint density at radius 1 is 1.14 bits per heavy atom. The van der Waals surface area contributed by atoms with E-state index in [9.17, 15) is 4.79 Å². The van der Waals surface area contributed by atoms with Gasteiger partial charge in [0, 0.05) is 0 Å². The number of benzene rings is 2. The van der Waals surface area contributed by atoms with E-state index in [-0.39, 0.29) is 36.4 Å². The highest BCUT2D eigenvalue weighted by Gasteiger charge is 2.17. The first kappa shape index (κ1) is 14.6. The average Bonchev–Trinajstić information content (AvgIpc) is 3.12. The summed E-state index contributed by atoms with van der Waals surface area (Å²) >= 11 is 0. The number of rotatable bonds is 2. The Bertz CT molecular complexity index is 959. The number of nitrogens with zero attached hydrogens (tertiary/aromatic N) is 4. The quantitative estimate of drug-likeness (QED) is 0.328. The Morgan fingerprint density at radius 3 is 2.82 bits per heavy atom. The molecule has 0 amide bonds. The molecule has 0 radical (unpaired) electrons. The van der Waals surface area contributed by atoms with Gasteiger partial charge in [0.1, 0.15) is 5.52 Å². The minimum Gasteiger partial charge on any atom is -1.00 e. The second-order valence-electron chi connectivity index (χ2n) is 4.80. The maximum atomic E-state index is 12.5. The van der Waals surface area contributed by atoms with Gasteiger partial charge in [0.2, 0.25) is 6.33 Å². The van der Waals surface area contributed by atoms with Crippen LogP contribution in [0.25, 0.3) is 22.1 Å². The molecule has 0 saturated carbocycles. The molecule has 2 aromatic carbocycles. The summed E-state index contributed by atoms with van der Waals surface area (Å²) in [4.78, 5) is 15.6. The van der Waals surface area contributed by atoms with Crippen molar-refractivity contribution in [2.75, 3.05) is 0 Å². The summed E-state index contributed by atoms with van der Waals surface area (Å²) in [6.07, 6.45) is 1.79. The molecule has 6 nitrogen and oxygen atoms in total. The summed E-state index contributed by atoms with van der Waals surface area (Å²) in [5.74, 6) is -0.126. The lowest BCUT2D eigenvalue weighted by Crippen LogP contribution is -3.00. The molecular formula is C15H12IN5O. The third-order valence-electron chi connectivity index (χ3n) is 3.48. The van der Waals surface area contributed by atoms with E-state index in [0.717, 1.165) is 22.1 Å². The molecule has 0 aliphatic heterocycles. The molecule has 4 rings (SSSR count). The van der Waals surface area contributed by atoms with Gasteiger partial charge in [-0.15, -0.1) is 5.10 Å². The highest BCUT2D eigenvalue weighted by Crippen LogP contribution is 2.10. The van der Waals surface area contributed by atoms with Gasteiger partial charge in [-0.25, -0.2) is 9.55 Å². The number of aromatic nitrogens is 5. The van der Waals surface area contributed by atoms with Gasteiger partial charge in [-0.3, -0.25) is 4.79 Å². The summed E-state index contributed by atoms with van der Waals surface area (Å²) in [5.41, 5.74) is 3.42. The van der Waals surface area contributed by atoms with Crippen molar-refractivity contribution < 1.29 is 33.3 Å². The van der Waals surface area contributed by atoms with Crippen LogP contribution in [0, 0.1) is 0 Å². The maximum Gasteiger partial charge on any atom is 0.291 e. The number of carbonyl (C=O) groups excluding carboxylic acids is 1. The zero-order chi connectivity index (χ0) is 14.2. The third-order valence-corrected chi connectivity index (χ3v) is 3.48. The Hall–Kier alpha value is -2.29. The van der Waals surface area contributed by atoms with Crippen LogP contribution in [0.5, 0.6) is 0 Å². The fourth-order valence-corrected chi connectivity index (χ4v) is 2.46. The molecule has 0 unspecified atom stereocenters. The van der Waals surface area contributed by atoms with Gasteiger partial charge in [-0.05, 0) is 24.3 Å². The molecule has 0 bridgehead atoms. The van der Waals surface area contributed by atoms with E-state index in [1.54, 1.807) is 6.33 Å². The third kappa shape index (κ3) is 2.37. The Kier molecular flexibility index (Phi) is 3.88. The molecule has 22 heavy (non-hydrogen) atoms. The van der Waals surface area contributed by atoms with Crippen LogP contribution in [0.15, 0.2) is 54.9 Å². The summed E-state index contributed by atoms with van der Waals surface area (Å²) in [5, 5.41) is 7.96. The van der Waals surface area contributed by atoms with Crippen LogP contribution in [-0.4, -0.2) is 25.9 Å². The van der Waals surface area contributed by atoms with Crippen molar-refractivity contribution in [3.8, 4) is 0 Å². The van der Waals surface area contributed by atoms with Crippen molar-refractivity contribution in [1.82, 2.24) is 20.0 Å². The highest BCUT2D eigenvalue weighted by molar-refractivity contribution is 5.88. The first-order valence-electron chi connectivity index (χ1n) is 6.62. The number of H-pyrrole nitrogens is 1. The van der Waals surface area contributed by atoms with Crippen LogP contribution < -0.4 is 28.5 Å². The molecular weight excluding hydrogens is 393 g/mol. The van der Waals surface area contributed by atoms with Gasteiger partial charge >= 0.3 is 0 Å². The van der Waals surface area contributed by atoms with Crippen molar-refractivity contribution in [3.05, 3.63) is 54.9 Å². The predicted molar refractivity (Wildman–Crippen MR) is 76.6 cm³/mol. The van der Waals surface area contributed by atoms with Gasteiger partial charge in [0.25, 0.3) is 5.91 Å². The molecule has 4 aromatic rings. The van der Waals surface area contributed by atoms with Crippen LogP contribution in [0.2, 0.25) is 0 Å². The number of imidazole rings is 1. The molecule has 7 heteroatoms. The van der Waals surface area contributed by atoms with E-state index in [0.29, 0.717) is 0 Å². The monoisotopic (exact) mass is 405 g/mol. The number of fused-ring (bicyclic) bond motifs is 2. The average molecular weight is 405 g/mol. The molecule has 1 N–H and O–H groups in total. The fourth-order valence-electron chi connectivity index (χ4n) is 2.46. The van der Waals surface area contributed by atoms with Gasteiger partial charge in [-0.2, -0.15) is 4.68 Å². The second-order valence-corrected chi connectivity index (χ2v) is 4.80. The van der Waals surface area contributed by atoms with Crippen LogP contribution >= 0.6 is 0 Å². The number of carbonyl (C=O) groups is 1. The normalized spacial score (nSPS) is 10.7. The maximum absolute atomic E-state index is 12.5. The van der Waals surface area contributed by atoms with E-state index >= 15 is 0 Å². The smallest absolute Gasteiger partial charge is 0.291 e. The van der Waals surface area contributed by atoms with E-state index in [2.05, 4.69) is 15.3 Å². The summed E-state index contributed by atoms with van der Waals surface area (Å²) < 4.78 is 3.22. The van der Waals surface area contributed by atoms with Crippen LogP contribution in [0.1, 0.15) is 4.79 Å². The zero-order valence-corrected chi connectivity index (χ0v) is 13.6. The van der Waals surface area contributed by atoms with Crippen molar-refractivity contribution in [2.45, 2.75) is 6.54 Å². The van der Waals surface area contributed by atoms with E-state index < -0.39 is 0 Å². The SMILES string of the molecule is O=C(C[n+]1c[nH]c2ccccc21)n1nnc2ccccc21.[I-]. The number of nitrogens with one attached hydrogen (secondary N) is 1. The fraction of sp³-hybridized carbons (Fsp3) is 0.0667. The number of aromatic amines is 1. The standard InChI is InChI=1S/C15H11N5O.HI/c21-15(20-14-8-4-2-6-12(14)17-18-20)9-19-10-16-11-5-1-3-7-13(11)19;/h1-8,10H,9H2;1H. The van der Waals surface area contributed by atoms with Crippen molar-refractivity contribution in [3.63, 3.8) is 0 Å². The number of hydrogen-bond donors (Lipinski definition) is 1. The lowest BCUT2D eigenvalue weighted by Gasteiger charge is -1.99. The first-order valence-corrected chi connectivity index (χ1v) is 6.62. The molecule has 110 valence electrons. The summed E-state index contributed by atoms with van der Waals surface area (Å²) in [6.45, 7) is 0.206. The minimum atomic E-state index is -0.126. The number of hydrogen-bond acceptors (Lipinski definition) is 3. The largest absolute Gasteiger partial charge is 1.00 e.